The molecule has 0 N–H and O–H groups in total. The normalized spacial score (nSPS) is 12.0. The molecule has 0 saturated heterocycles. The van der Waals surface area contributed by atoms with Gasteiger partial charge in [0, 0.05) is 10.0 Å². The molecular formula is C16H14Cl2O2. The highest BCUT2D eigenvalue weighted by Crippen LogP contribution is 2.29. The van der Waals surface area contributed by atoms with E-state index in [1.165, 1.54) is 7.11 Å². The SMILES string of the molecule is COC(=O)[C@@H](C)c1cc(Cl)cc(-c2ccc(Cl)cc2)c1. The van der Waals surface area contributed by atoms with Crippen molar-refractivity contribution in [3.05, 3.63) is 58.1 Å². The van der Waals surface area contributed by atoms with Crippen LogP contribution < -0.4 is 0 Å². The number of halogens is 2. The van der Waals surface area contributed by atoms with Crippen LogP contribution in [0.2, 0.25) is 10.0 Å². The van der Waals surface area contributed by atoms with E-state index in [2.05, 4.69) is 0 Å². The van der Waals surface area contributed by atoms with Gasteiger partial charge in [-0.3, -0.25) is 4.79 Å². The average Bonchev–Trinajstić information content (AvgIpc) is 2.45. The van der Waals surface area contributed by atoms with E-state index in [4.69, 9.17) is 27.9 Å². The third-order valence-corrected chi connectivity index (χ3v) is 3.62. The summed E-state index contributed by atoms with van der Waals surface area (Å²) in [6, 6.07) is 13.1. The Morgan fingerprint density at radius 3 is 2.25 bits per heavy atom. The molecule has 0 saturated carbocycles. The molecular weight excluding hydrogens is 295 g/mol. The summed E-state index contributed by atoms with van der Waals surface area (Å²) in [4.78, 5) is 11.6. The van der Waals surface area contributed by atoms with Gasteiger partial charge in [0.2, 0.25) is 0 Å². The molecule has 0 aromatic heterocycles. The second kappa shape index (κ2) is 6.29. The van der Waals surface area contributed by atoms with E-state index in [0.717, 1.165) is 16.7 Å². The molecule has 4 heteroatoms. The lowest BCUT2D eigenvalue weighted by Gasteiger charge is -2.12. The minimum Gasteiger partial charge on any atom is -0.469 e. The van der Waals surface area contributed by atoms with Crippen molar-refractivity contribution in [2.75, 3.05) is 7.11 Å². The molecule has 0 fully saturated rings. The first-order chi connectivity index (χ1) is 9.51. The molecule has 0 aliphatic carbocycles. The van der Waals surface area contributed by atoms with Crippen molar-refractivity contribution in [3.63, 3.8) is 0 Å². The van der Waals surface area contributed by atoms with Gasteiger partial charge in [0.25, 0.3) is 0 Å². The van der Waals surface area contributed by atoms with Crippen LogP contribution in [-0.4, -0.2) is 13.1 Å². The molecule has 20 heavy (non-hydrogen) atoms. The Morgan fingerprint density at radius 2 is 1.65 bits per heavy atom. The minimum atomic E-state index is -0.357. The predicted molar refractivity (Wildman–Crippen MR) is 82.3 cm³/mol. The van der Waals surface area contributed by atoms with Crippen molar-refractivity contribution in [3.8, 4) is 11.1 Å². The van der Waals surface area contributed by atoms with Crippen LogP contribution in [0.1, 0.15) is 18.4 Å². The van der Waals surface area contributed by atoms with Gasteiger partial charge in [0.15, 0.2) is 0 Å². The molecule has 2 rings (SSSR count). The van der Waals surface area contributed by atoms with Gasteiger partial charge >= 0.3 is 5.97 Å². The molecule has 0 spiro atoms. The highest BCUT2D eigenvalue weighted by molar-refractivity contribution is 6.31. The molecule has 2 aromatic carbocycles. The summed E-state index contributed by atoms with van der Waals surface area (Å²) in [5, 5.41) is 1.27. The van der Waals surface area contributed by atoms with E-state index in [1.807, 2.05) is 36.4 Å². The number of rotatable bonds is 3. The van der Waals surface area contributed by atoms with Crippen LogP contribution in [-0.2, 0) is 9.53 Å². The zero-order valence-electron chi connectivity index (χ0n) is 11.2. The Kier molecular flexibility index (Phi) is 4.69. The molecule has 0 radical (unpaired) electrons. The standard InChI is InChI=1S/C16H14Cl2O2/c1-10(16(19)20-2)12-7-13(9-15(18)8-12)11-3-5-14(17)6-4-11/h3-10H,1-2H3/t10-/m0/s1. The van der Waals surface area contributed by atoms with Crippen LogP contribution in [0.25, 0.3) is 11.1 Å². The number of hydrogen-bond donors (Lipinski definition) is 0. The third kappa shape index (κ3) is 3.33. The fourth-order valence-electron chi connectivity index (χ4n) is 1.98. The number of carbonyl (C=O) groups excluding carboxylic acids is 1. The second-order valence-electron chi connectivity index (χ2n) is 4.52. The summed E-state index contributed by atoms with van der Waals surface area (Å²) in [5.41, 5.74) is 2.77. The second-order valence-corrected chi connectivity index (χ2v) is 5.40. The molecule has 0 unspecified atom stereocenters. The number of hydrogen-bond acceptors (Lipinski definition) is 2. The summed E-state index contributed by atoms with van der Waals surface area (Å²) in [6.07, 6.45) is 0. The highest BCUT2D eigenvalue weighted by atomic mass is 35.5. The number of benzene rings is 2. The molecule has 0 amide bonds. The van der Waals surface area contributed by atoms with E-state index in [1.54, 1.807) is 13.0 Å². The Bertz CT molecular complexity index is 621. The van der Waals surface area contributed by atoms with Gasteiger partial charge in [-0.05, 0) is 47.9 Å². The molecule has 104 valence electrons. The van der Waals surface area contributed by atoms with Crippen molar-refractivity contribution < 1.29 is 9.53 Å². The summed E-state index contributed by atoms with van der Waals surface area (Å²) in [6.45, 7) is 1.79. The topological polar surface area (TPSA) is 26.3 Å². The third-order valence-electron chi connectivity index (χ3n) is 3.15. The van der Waals surface area contributed by atoms with Gasteiger partial charge in [-0.1, -0.05) is 41.4 Å². The summed E-state index contributed by atoms with van der Waals surface area (Å²) in [5.74, 6) is -0.640. The Morgan fingerprint density at radius 1 is 1.00 bits per heavy atom. The number of ether oxygens (including phenoxy) is 1. The zero-order valence-corrected chi connectivity index (χ0v) is 12.7. The first kappa shape index (κ1) is 14.9. The van der Waals surface area contributed by atoms with Gasteiger partial charge in [0.05, 0.1) is 13.0 Å². The smallest absolute Gasteiger partial charge is 0.312 e. The van der Waals surface area contributed by atoms with Gasteiger partial charge in [-0.2, -0.15) is 0 Å². The molecule has 1 atom stereocenters. The number of methoxy groups -OCH3 is 1. The molecule has 2 aromatic rings. The van der Waals surface area contributed by atoms with Gasteiger partial charge in [-0.15, -0.1) is 0 Å². The molecule has 2 nitrogen and oxygen atoms in total. The Balaban J connectivity index is 2.43. The van der Waals surface area contributed by atoms with Gasteiger partial charge < -0.3 is 4.74 Å². The lowest BCUT2D eigenvalue weighted by Crippen LogP contribution is -2.10. The van der Waals surface area contributed by atoms with Crippen molar-refractivity contribution in [2.45, 2.75) is 12.8 Å². The van der Waals surface area contributed by atoms with Crippen LogP contribution in [0.4, 0.5) is 0 Å². The van der Waals surface area contributed by atoms with Crippen LogP contribution in [0.3, 0.4) is 0 Å². The van der Waals surface area contributed by atoms with E-state index >= 15 is 0 Å². The summed E-state index contributed by atoms with van der Waals surface area (Å²) >= 11 is 12.0. The quantitative estimate of drug-likeness (QED) is 0.751. The highest BCUT2D eigenvalue weighted by Gasteiger charge is 2.17. The Labute approximate surface area is 128 Å². The van der Waals surface area contributed by atoms with Crippen LogP contribution in [0.5, 0.6) is 0 Å². The number of carbonyl (C=O) groups is 1. The molecule has 0 aliphatic heterocycles. The van der Waals surface area contributed by atoms with E-state index in [0.29, 0.717) is 10.0 Å². The maximum atomic E-state index is 11.6. The molecule has 0 bridgehead atoms. The van der Waals surface area contributed by atoms with Crippen molar-refractivity contribution in [1.82, 2.24) is 0 Å². The lowest BCUT2D eigenvalue weighted by atomic mass is 9.96. The largest absolute Gasteiger partial charge is 0.469 e. The Hall–Kier alpha value is -1.51. The zero-order chi connectivity index (χ0) is 14.7. The van der Waals surface area contributed by atoms with Crippen LogP contribution in [0, 0.1) is 0 Å². The average molecular weight is 309 g/mol. The number of esters is 1. The summed E-state index contributed by atoms with van der Waals surface area (Å²) < 4.78 is 4.77. The first-order valence-electron chi connectivity index (χ1n) is 6.15. The maximum absolute atomic E-state index is 11.6. The van der Waals surface area contributed by atoms with Crippen LogP contribution >= 0.6 is 23.2 Å². The van der Waals surface area contributed by atoms with Crippen molar-refractivity contribution in [1.29, 1.82) is 0 Å². The molecule has 0 heterocycles. The van der Waals surface area contributed by atoms with E-state index in [-0.39, 0.29) is 11.9 Å². The fraction of sp³-hybridized carbons (Fsp3) is 0.188. The fourth-order valence-corrected chi connectivity index (χ4v) is 2.35. The minimum absolute atomic E-state index is 0.283. The maximum Gasteiger partial charge on any atom is 0.312 e. The van der Waals surface area contributed by atoms with E-state index < -0.39 is 0 Å². The summed E-state index contributed by atoms with van der Waals surface area (Å²) in [7, 11) is 1.38. The lowest BCUT2D eigenvalue weighted by molar-refractivity contribution is -0.141. The van der Waals surface area contributed by atoms with Crippen molar-refractivity contribution in [2.24, 2.45) is 0 Å². The van der Waals surface area contributed by atoms with E-state index in [9.17, 15) is 4.79 Å². The van der Waals surface area contributed by atoms with Gasteiger partial charge in [-0.25, -0.2) is 0 Å². The van der Waals surface area contributed by atoms with Crippen molar-refractivity contribution >= 4 is 29.2 Å². The monoisotopic (exact) mass is 308 g/mol. The van der Waals surface area contributed by atoms with Crippen LogP contribution in [0.15, 0.2) is 42.5 Å². The van der Waals surface area contributed by atoms with Gasteiger partial charge in [0.1, 0.15) is 0 Å². The first-order valence-corrected chi connectivity index (χ1v) is 6.91. The predicted octanol–water partition coefficient (Wildman–Crippen LogP) is 4.94. The molecule has 0 aliphatic rings.